The SMILES string of the molecule is O=C(NCc1ccccc1Cl)c1ccc(N2C[C@H]3C[C@@H](C2)c2cccc(=O)n2C3)c(NS(=O)(=O)c2ccc(F)cc2)c1. The van der Waals surface area contributed by atoms with Crippen LogP contribution in [0.25, 0.3) is 0 Å². The van der Waals surface area contributed by atoms with Crippen LogP contribution in [0.3, 0.4) is 0 Å². The van der Waals surface area contributed by atoms with Crippen LogP contribution < -0.4 is 20.5 Å². The molecule has 3 aromatic carbocycles. The lowest BCUT2D eigenvalue weighted by molar-refractivity contribution is 0.0951. The third-order valence-corrected chi connectivity index (χ3v) is 9.59. The molecule has 42 heavy (non-hydrogen) atoms. The number of halogens is 2. The number of amides is 1. The summed E-state index contributed by atoms with van der Waals surface area (Å²) < 4.78 is 44.7. The second-order valence-electron chi connectivity index (χ2n) is 10.7. The van der Waals surface area contributed by atoms with Crippen molar-refractivity contribution in [1.82, 2.24) is 9.88 Å². The number of rotatable bonds is 7. The van der Waals surface area contributed by atoms with E-state index in [0.29, 0.717) is 30.3 Å². The van der Waals surface area contributed by atoms with Crippen LogP contribution in [0.15, 0.2) is 94.6 Å². The van der Waals surface area contributed by atoms with Crippen LogP contribution >= 0.6 is 11.6 Å². The number of fused-ring (bicyclic) bond motifs is 4. The van der Waals surface area contributed by atoms with Gasteiger partial charge in [0, 0.05) is 54.4 Å². The van der Waals surface area contributed by atoms with Crippen molar-refractivity contribution in [1.29, 1.82) is 0 Å². The summed E-state index contributed by atoms with van der Waals surface area (Å²) in [6.07, 6.45) is 0.930. The molecule has 1 saturated heterocycles. The van der Waals surface area contributed by atoms with E-state index in [1.165, 1.54) is 18.2 Å². The highest BCUT2D eigenvalue weighted by atomic mass is 35.5. The average molecular weight is 607 g/mol. The van der Waals surface area contributed by atoms with E-state index >= 15 is 0 Å². The highest BCUT2D eigenvalue weighted by Crippen LogP contribution is 2.39. The van der Waals surface area contributed by atoms with E-state index < -0.39 is 21.7 Å². The Bertz CT molecular complexity index is 1830. The molecule has 2 N–H and O–H groups in total. The molecular weight excluding hydrogens is 579 g/mol. The van der Waals surface area contributed by atoms with Gasteiger partial charge >= 0.3 is 0 Å². The van der Waals surface area contributed by atoms with E-state index in [0.717, 1.165) is 29.8 Å². The molecular formula is C31H28ClFN4O4S. The number of pyridine rings is 1. The van der Waals surface area contributed by atoms with E-state index in [2.05, 4.69) is 14.9 Å². The molecule has 0 spiro atoms. The molecule has 8 nitrogen and oxygen atoms in total. The molecule has 2 bridgehead atoms. The zero-order valence-electron chi connectivity index (χ0n) is 22.5. The van der Waals surface area contributed by atoms with Crippen LogP contribution in [-0.4, -0.2) is 32.0 Å². The quantitative estimate of drug-likeness (QED) is 0.309. The lowest BCUT2D eigenvalue weighted by Crippen LogP contribution is -2.47. The number of aromatic nitrogens is 1. The summed E-state index contributed by atoms with van der Waals surface area (Å²) in [5.74, 6) is -0.665. The predicted molar refractivity (Wildman–Crippen MR) is 160 cm³/mol. The van der Waals surface area contributed by atoms with Crippen molar-refractivity contribution in [2.45, 2.75) is 30.3 Å². The Kier molecular flexibility index (Phi) is 7.51. The Morgan fingerprint density at radius 1 is 0.952 bits per heavy atom. The zero-order chi connectivity index (χ0) is 29.4. The molecule has 6 rings (SSSR count). The van der Waals surface area contributed by atoms with Crippen LogP contribution in [0.2, 0.25) is 5.02 Å². The number of carbonyl (C=O) groups excluding carboxylic acids is 1. The van der Waals surface area contributed by atoms with Crippen LogP contribution in [0.1, 0.15) is 34.0 Å². The minimum absolute atomic E-state index is 0.0180. The number of carbonyl (C=O) groups is 1. The van der Waals surface area contributed by atoms with Crippen molar-refractivity contribution in [2.75, 3.05) is 22.7 Å². The third kappa shape index (κ3) is 5.64. The number of nitrogens with zero attached hydrogens (tertiary/aromatic N) is 2. The third-order valence-electron chi connectivity index (χ3n) is 7.84. The van der Waals surface area contributed by atoms with Gasteiger partial charge in [-0.2, -0.15) is 0 Å². The standard InChI is InChI=1S/C31H28ClFN4O4S/c32-26-5-2-1-4-22(26)16-34-31(39)21-8-13-29(27(15-21)35-42(40,41)25-11-9-24(33)10-12-25)36-17-20-14-23(19-36)28-6-3-7-30(38)37(28)18-20/h1-13,15,20,23,35H,14,16-19H2,(H,34,39)/t20-,23+/m1/s1. The fourth-order valence-corrected chi connectivity index (χ4v) is 7.13. The summed E-state index contributed by atoms with van der Waals surface area (Å²) in [6, 6.07) is 22.0. The monoisotopic (exact) mass is 606 g/mol. The number of nitrogens with one attached hydrogen (secondary N) is 2. The van der Waals surface area contributed by atoms with E-state index in [9.17, 15) is 22.4 Å². The van der Waals surface area contributed by atoms with Gasteiger partial charge in [-0.3, -0.25) is 14.3 Å². The van der Waals surface area contributed by atoms with Crippen molar-refractivity contribution >= 4 is 38.9 Å². The lowest BCUT2D eigenvalue weighted by Gasteiger charge is -2.44. The summed E-state index contributed by atoms with van der Waals surface area (Å²) in [6.45, 7) is 1.97. The van der Waals surface area contributed by atoms with E-state index in [4.69, 9.17) is 11.6 Å². The second kappa shape index (κ2) is 11.3. The molecule has 11 heteroatoms. The highest BCUT2D eigenvalue weighted by molar-refractivity contribution is 7.92. The maximum Gasteiger partial charge on any atom is 0.261 e. The zero-order valence-corrected chi connectivity index (χ0v) is 24.0. The van der Waals surface area contributed by atoms with Crippen molar-refractivity contribution in [3.63, 3.8) is 0 Å². The second-order valence-corrected chi connectivity index (χ2v) is 12.8. The molecule has 4 aromatic rings. The molecule has 0 radical (unpaired) electrons. The van der Waals surface area contributed by atoms with Gasteiger partial charge in [-0.25, -0.2) is 12.8 Å². The molecule has 2 aliphatic rings. The fraction of sp³-hybridized carbons (Fsp3) is 0.226. The summed E-state index contributed by atoms with van der Waals surface area (Å²) >= 11 is 6.23. The molecule has 0 saturated carbocycles. The molecule has 0 unspecified atom stereocenters. The van der Waals surface area contributed by atoms with Crippen molar-refractivity contribution in [3.8, 4) is 0 Å². The number of sulfonamides is 1. The Balaban J connectivity index is 1.33. The smallest absolute Gasteiger partial charge is 0.261 e. The predicted octanol–water partition coefficient (Wildman–Crippen LogP) is 5.00. The summed E-state index contributed by atoms with van der Waals surface area (Å²) in [4.78, 5) is 27.6. The number of hydrogen-bond donors (Lipinski definition) is 2. The maximum atomic E-state index is 13.5. The van der Waals surface area contributed by atoms with E-state index in [1.54, 1.807) is 36.4 Å². The van der Waals surface area contributed by atoms with Gasteiger partial charge in [-0.15, -0.1) is 0 Å². The van der Waals surface area contributed by atoms with Gasteiger partial charge in [0.25, 0.3) is 21.5 Å². The topological polar surface area (TPSA) is 101 Å². The van der Waals surface area contributed by atoms with Crippen LogP contribution in [0.4, 0.5) is 15.8 Å². The number of benzene rings is 3. The summed E-state index contributed by atoms with van der Waals surface area (Å²) in [5, 5.41) is 3.37. The first-order valence-electron chi connectivity index (χ1n) is 13.6. The Morgan fingerprint density at radius 2 is 1.74 bits per heavy atom. The van der Waals surface area contributed by atoms with Gasteiger partial charge in [-0.1, -0.05) is 35.9 Å². The van der Waals surface area contributed by atoms with E-state index in [1.807, 2.05) is 22.8 Å². The molecule has 2 atom stereocenters. The van der Waals surface area contributed by atoms with Crippen LogP contribution in [0.5, 0.6) is 0 Å². The van der Waals surface area contributed by atoms with Crippen molar-refractivity contribution < 1.29 is 17.6 Å². The summed E-state index contributed by atoms with van der Waals surface area (Å²) in [7, 11) is -4.11. The Morgan fingerprint density at radius 3 is 2.52 bits per heavy atom. The fourth-order valence-electron chi connectivity index (χ4n) is 5.86. The van der Waals surface area contributed by atoms with Crippen molar-refractivity contribution in [3.05, 3.63) is 123 Å². The van der Waals surface area contributed by atoms with E-state index in [-0.39, 0.29) is 40.1 Å². The highest BCUT2D eigenvalue weighted by Gasteiger charge is 2.35. The Hall–Kier alpha value is -4.15. The van der Waals surface area contributed by atoms with Crippen LogP contribution in [-0.2, 0) is 23.1 Å². The minimum Gasteiger partial charge on any atom is -0.369 e. The molecule has 1 aromatic heterocycles. The van der Waals surface area contributed by atoms with Crippen molar-refractivity contribution in [2.24, 2.45) is 5.92 Å². The molecule has 1 amide bonds. The van der Waals surface area contributed by atoms with Gasteiger partial charge in [-0.05, 0) is 72.5 Å². The van der Waals surface area contributed by atoms with Gasteiger partial charge in [0.2, 0.25) is 0 Å². The number of piperidine rings is 1. The first-order valence-corrected chi connectivity index (χ1v) is 15.4. The van der Waals surface area contributed by atoms with Gasteiger partial charge < -0.3 is 14.8 Å². The maximum absolute atomic E-state index is 13.5. The molecule has 1 fully saturated rings. The van der Waals surface area contributed by atoms with Gasteiger partial charge in [0.05, 0.1) is 16.3 Å². The lowest BCUT2D eigenvalue weighted by atomic mass is 9.83. The largest absolute Gasteiger partial charge is 0.369 e. The Labute approximate surface area is 247 Å². The summed E-state index contributed by atoms with van der Waals surface area (Å²) in [5.41, 5.74) is 2.81. The first-order chi connectivity index (χ1) is 20.2. The van der Waals surface area contributed by atoms with Gasteiger partial charge in [0.15, 0.2) is 0 Å². The first kappa shape index (κ1) is 28.0. The number of anilines is 2. The van der Waals surface area contributed by atoms with Gasteiger partial charge in [0.1, 0.15) is 5.82 Å². The minimum atomic E-state index is -4.11. The average Bonchev–Trinajstić information content (AvgIpc) is 2.97. The number of hydrogen-bond acceptors (Lipinski definition) is 5. The molecule has 3 heterocycles. The molecule has 2 aliphatic heterocycles. The normalized spacial score (nSPS) is 17.8. The molecule has 216 valence electrons. The molecule has 0 aliphatic carbocycles. The van der Waals surface area contributed by atoms with Crippen LogP contribution in [0, 0.1) is 11.7 Å².